The van der Waals surface area contributed by atoms with Gasteiger partial charge in [0.15, 0.2) is 0 Å². The van der Waals surface area contributed by atoms with E-state index < -0.39 is 18.0 Å². The molecule has 2 aromatic rings. The maximum atomic E-state index is 12.6. The fourth-order valence-corrected chi connectivity index (χ4v) is 5.14. The molecule has 0 heterocycles. The van der Waals surface area contributed by atoms with Gasteiger partial charge in [0.2, 0.25) is 5.91 Å². The Kier molecular flexibility index (Phi) is 7.50. The Bertz CT molecular complexity index is 1010. The van der Waals surface area contributed by atoms with Crippen LogP contribution in [0.2, 0.25) is 0 Å². The first-order valence-electron chi connectivity index (χ1n) is 12.1. The van der Waals surface area contributed by atoms with Crippen molar-refractivity contribution in [3.63, 3.8) is 0 Å². The van der Waals surface area contributed by atoms with Crippen molar-refractivity contribution < 1.29 is 24.2 Å². The van der Waals surface area contributed by atoms with E-state index in [1.54, 1.807) is 6.92 Å². The van der Waals surface area contributed by atoms with Crippen molar-refractivity contribution in [3.8, 4) is 11.1 Å². The van der Waals surface area contributed by atoms with Crippen LogP contribution in [-0.2, 0) is 14.3 Å². The molecule has 0 aromatic heterocycles. The lowest BCUT2D eigenvalue weighted by Crippen LogP contribution is -2.44. The highest BCUT2D eigenvalue weighted by molar-refractivity contribution is 5.80. The first-order valence-corrected chi connectivity index (χ1v) is 12.1. The van der Waals surface area contributed by atoms with E-state index in [2.05, 4.69) is 34.9 Å². The molecule has 1 fully saturated rings. The van der Waals surface area contributed by atoms with Crippen LogP contribution in [0.25, 0.3) is 11.1 Å². The number of carbonyl (C=O) groups excluding carboxylic acids is 2. The fraction of sp³-hybridized carbons (Fsp3) is 0.444. The summed E-state index contributed by atoms with van der Waals surface area (Å²) < 4.78 is 5.64. The molecule has 4 rings (SSSR count). The van der Waals surface area contributed by atoms with Gasteiger partial charge in [-0.15, -0.1) is 0 Å². The van der Waals surface area contributed by atoms with Crippen molar-refractivity contribution in [2.24, 2.45) is 11.8 Å². The van der Waals surface area contributed by atoms with Crippen molar-refractivity contribution >= 4 is 18.0 Å². The van der Waals surface area contributed by atoms with Crippen LogP contribution in [0, 0.1) is 11.8 Å². The molecule has 1 saturated carbocycles. The van der Waals surface area contributed by atoms with Crippen LogP contribution in [0.15, 0.2) is 48.5 Å². The largest absolute Gasteiger partial charge is 0.481 e. The van der Waals surface area contributed by atoms with Gasteiger partial charge in [0.1, 0.15) is 6.61 Å². The number of nitrogens with one attached hydrogen (secondary N) is 2. The Morgan fingerprint density at radius 3 is 2.29 bits per heavy atom. The first kappa shape index (κ1) is 23.8. The normalized spacial score (nSPS) is 20.0. The molecule has 7 nitrogen and oxygen atoms in total. The minimum atomic E-state index is -0.902. The fourth-order valence-electron chi connectivity index (χ4n) is 5.14. The second-order valence-corrected chi connectivity index (χ2v) is 9.22. The predicted molar refractivity (Wildman–Crippen MR) is 128 cm³/mol. The molecule has 3 atom stereocenters. The quantitative estimate of drug-likeness (QED) is 0.540. The van der Waals surface area contributed by atoms with E-state index in [0.29, 0.717) is 12.8 Å². The minimum Gasteiger partial charge on any atom is -0.481 e. The molecule has 3 N–H and O–H groups in total. The number of ether oxygens (including phenoxy) is 1. The summed E-state index contributed by atoms with van der Waals surface area (Å²) in [6.45, 7) is 2.18. The molecule has 180 valence electrons. The molecule has 0 bridgehead atoms. The predicted octanol–water partition coefficient (Wildman–Crippen LogP) is 4.31. The highest BCUT2D eigenvalue weighted by Crippen LogP contribution is 2.44. The van der Waals surface area contributed by atoms with E-state index in [1.807, 2.05) is 24.3 Å². The smallest absolute Gasteiger partial charge is 0.407 e. The molecule has 0 spiro atoms. The number of alkyl carbamates (subject to hydrolysis) is 1. The third-order valence-electron chi connectivity index (χ3n) is 7.08. The van der Waals surface area contributed by atoms with Gasteiger partial charge >= 0.3 is 12.1 Å². The molecular weight excluding hydrogens is 432 g/mol. The first-order chi connectivity index (χ1) is 16.5. The van der Waals surface area contributed by atoms with Gasteiger partial charge in [0, 0.05) is 24.4 Å². The highest BCUT2D eigenvalue weighted by Gasteiger charge is 2.31. The zero-order chi connectivity index (χ0) is 24.1. The molecule has 3 unspecified atom stereocenters. The summed E-state index contributed by atoms with van der Waals surface area (Å²) in [5.74, 6) is -1.86. The van der Waals surface area contributed by atoms with Gasteiger partial charge < -0.3 is 20.5 Å². The van der Waals surface area contributed by atoms with E-state index >= 15 is 0 Å². The number of hydrogen-bond donors (Lipinski definition) is 3. The van der Waals surface area contributed by atoms with Gasteiger partial charge in [-0.05, 0) is 47.9 Å². The monoisotopic (exact) mass is 464 g/mol. The number of carboxylic acid groups (broad SMARTS) is 1. The zero-order valence-electron chi connectivity index (χ0n) is 19.5. The maximum absolute atomic E-state index is 12.6. The van der Waals surface area contributed by atoms with Crippen molar-refractivity contribution in [1.82, 2.24) is 10.6 Å². The standard InChI is InChI=1S/C27H32N2O5/c1-2-17(26(31)32)15-28-25(30)18-8-7-9-19(14-18)29-27(33)34-16-24-22-12-5-3-10-20(22)21-11-4-6-13-23(21)24/h3-6,10-13,17-19,24H,2,7-9,14-16H2,1H3,(H,28,30)(H,29,33)(H,31,32). The molecule has 34 heavy (non-hydrogen) atoms. The lowest BCUT2D eigenvalue weighted by molar-refractivity contribution is -0.141. The topological polar surface area (TPSA) is 105 Å². The Labute approximate surface area is 199 Å². The minimum absolute atomic E-state index is 0.00350. The van der Waals surface area contributed by atoms with Crippen LogP contribution < -0.4 is 10.6 Å². The van der Waals surface area contributed by atoms with Gasteiger partial charge in [0.05, 0.1) is 5.92 Å². The summed E-state index contributed by atoms with van der Waals surface area (Å²) in [4.78, 5) is 36.3. The summed E-state index contributed by atoms with van der Waals surface area (Å²) >= 11 is 0. The summed E-state index contributed by atoms with van der Waals surface area (Å²) in [6, 6.07) is 16.3. The second kappa shape index (κ2) is 10.7. The Balaban J connectivity index is 1.29. The average Bonchev–Trinajstić information content (AvgIpc) is 3.16. The number of benzene rings is 2. The number of fused-ring (bicyclic) bond motifs is 3. The zero-order valence-corrected chi connectivity index (χ0v) is 19.5. The van der Waals surface area contributed by atoms with Crippen LogP contribution in [0.3, 0.4) is 0 Å². The number of rotatable bonds is 8. The highest BCUT2D eigenvalue weighted by atomic mass is 16.5. The number of hydrogen-bond acceptors (Lipinski definition) is 4. The summed E-state index contributed by atoms with van der Waals surface area (Å²) in [5.41, 5.74) is 4.69. The van der Waals surface area contributed by atoms with Crippen LogP contribution in [0.4, 0.5) is 4.79 Å². The van der Waals surface area contributed by atoms with E-state index in [0.717, 1.165) is 30.4 Å². The van der Waals surface area contributed by atoms with Crippen molar-refractivity contribution in [3.05, 3.63) is 59.7 Å². The molecule has 0 radical (unpaired) electrons. The van der Waals surface area contributed by atoms with Crippen LogP contribution >= 0.6 is 0 Å². The number of carbonyl (C=O) groups is 3. The van der Waals surface area contributed by atoms with Crippen LogP contribution in [0.1, 0.15) is 56.1 Å². The van der Waals surface area contributed by atoms with Crippen molar-refractivity contribution in [1.29, 1.82) is 0 Å². The number of aliphatic carboxylic acids is 1. The van der Waals surface area contributed by atoms with Crippen LogP contribution in [-0.4, -0.2) is 42.3 Å². The van der Waals surface area contributed by atoms with E-state index in [1.165, 1.54) is 11.1 Å². The summed E-state index contributed by atoms with van der Waals surface area (Å²) in [7, 11) is 0. The van der Waals surface area contributed by atoms with Gasteiger partial charge in [-0.3, -0.25) is 9.59 Å². The van der Waals surface area contributed by atoms with Gasteiger partial charge in [-0.25, -0.2) is 4.79 Å². The van der Waals surface area contributed by atoms with Crippen molar-refractivity contribution in [2.75, 3.05) is 13.2 Å². The SMILES string of the molecule is CCC(CNC(=O)C1CCCC(NC(=O)OCC2c3ccccc3-c3ccccc32)C1)C(=O)O. The molecular formula is C27H32N2O5. The van der Waals surface area contributed by atoms with E-state index in [9.17, 15) is 14.4 Å². The van der Waals surface area contributed by atoms with Crippen LogP contribution in [0.5, 0.6) is 0 Å². The van der Waals surface area contributed by atoms with Crippen molar-refractivity contribution in [2.45, 2.75) is 51.0 Å². The summed E-state index contributed by atoms with van der Waals surface area (Å²) in [6.07, 6.45) is 2.87. The average molecular weight is 465 g/mol. The lowest BCUT2D eigenvalue weighted by Gasteiger charge is -2.29. The molecule has 7 heteroatoms. The van der Waals surface area contributed by atoms with E-state index in [-0.39, 0.29) is 36.9 Å². The van der Waals surface area contributed by atoms with E-state index in [4.69, 9.17) is 9.84 Å². The Hall–Kier alpha value is -3.35. The molecule has 2 aliphatic carbocycles. The third kappa shape index (κ3) is 5.24. The molecule has 2 aliphatic rings. The van der Waals surface area contributed by atoms with Gasteiger partial charge in [-0.2, -0.15) is 0 Å². The van der Waals surface area contributed by atoms with Gasteiger partial charge in [-0.1, -0.05) is 61.9 Å². The number of carboxylic acids is 1. The number of amides is 2. The molecule has 2 aromatic carbocycles. The summed E-state index contributed by atoms with van der Waals surface area (Å²) in [5, 5.41) is 14.9. The van der Waals surface area contributed by atoms with Gasteiger partial charge in [0.25, 0.3) is 0 Å². The Morgan fingerprint density at radius 1 is 1.03 bits per heavy atom. The maximum Gasteiger partial charge on any atom is 0.407 e. The molecule has 2 amide bonds. The third-order valence-corrected chi connectivity index (χ3v) is 7.08. The Morgan fingerprint density at radius 2 is 1.68 bits per heavy atom. The second-order valence-electron chi connectivity index (χ2n) is 9.22. The molecule has 0 saturated heterocycles. The lowest BCUT2D eigenvalue weighted by atomic mass is 9.85. The molecule has 0 aliphatic heterocycles.